The Balaban J connectivity index is 1.75. The fraction of sp³-hybridized carbons (Fsp3) is 0.667. The van der Waals surface area contributed by atoms with Crippen LogP contribution in [0.25, 0.3) is 0 Å². The molecule has 0 bridgehead atoms. The molecule has 0 unspecified atom stereocenters. The Kier molecular flexibility index (Phi) is 14.8. The highest BCUT2D eigenvalue weighted by Crippen LogP contribution is 2.46. The lowest BCUT2D eigenvalue weighted by Crippen LogP contribution is -2.27. The van der Waals surface area contributed by atoms with Gasteiger partial charge in [-0.25, -0.2) is 4.99 Å². The number of benzene rings is 1. The van der Waals surface area contributed by atoms with E-state index in [0.717, 1.165) is 49.7 Å². The number of aliphatic imine (C=N–C) groups is 1. The Morgan fingerprint density at radius 1 is 1.02 bits per heavy atom. The van der Waals surface area contributed by atoms with E-state index in [1.165, 1.54) is 25.7 Å². The van der Waals surface area contributed by atoms with Gasteiger partial charge >= 0.3 is 0 Å². The number of aliphatic hydroxyl groups is 1. The highest BCUT2D eigenvalue weighted by Gasteiger charge is 2.33. The zero-order valence-electron chi connectivity index (χ0n) is 29.1. The summed E-state index contributed by atoms with van der Waals surface area (Å²) in [5.74, 6) is 7.53. The van der Waals surface area contributed by atoms with E-state index in [0.29, 0.717) is 67.9 Å². The molecule has 0 radical (unpaired) electrons. The van der Waals surface area contributed by atoms with Gasteiger partial charge in [0.2, 0.25) is 0 Å². The van der Waals surface area contributed by atoms with Crippen molar-refractivity contribution in [2.45, 2.75) is 134 Å². The molecule has 1 aromatic carbocycles. The van der Waals surface area contributed by atoms with E-state index < -0.39 is 0 Å². The average molecular weight is 664 g/mol. The van der Waals surface area contributed by atoms with Crippen LogP contribution in [0, 0.1) is 23.7 Å². The molecule has 4 rings (SSSR count). The summed E-state index contributed by atoms with van der Waals surface area (Å²) in [6.07, 6.45) is 15.7. The normalized spacial score (nSPS) is 22.1. The number of hydrogen-bond donors (Lipinski definition) is 4. The van der Waals surface area contributed by atoms with Crippen LogP contribution in [0.1, 0.15) is 132 Å². The predicted molar refractivity (Wildman–Crippen MR) is 189 cm³/mol. The molecule has 3 aliphatic carbocycles. The molecule has 3 atom stereocenters. The molecular formula is C39H57N3O6. The van der Waals surface area contributed by atoms with Crippen molar-refractivity contribution >= 4 is 17.5 Å². The quantitative estimate of drug-likeness (QED) is 0.0726. The van der Waals surface area contributed by atoms with Crippen molar-refractivity contribution in [3.05, 3.63) is 34.4 Å². The maximum absolute atomic E-state index is 13.3. The lowest BCUT2D eigenvalue weighted by molar-refractivity contribution is -0.117. The number of nitrogens with zero attached hydrogens (tertiary/aromatic N) is 1. The molecule has 6 N–H and O–H groups in total. The Morgan fingerprint density at radius 2 is 1.75 bits per heavy atom. The molecule has 1 aromatic rings. The largest absolute Gasteiger partial charge is 0.504 e. The van der Waals surface area contributed by atoms with Crippen LogP contribution >= 0.6 is 0 Å². The number of Topliss-reactive ketones (excluding diaryl/α,β-unsaturated/α-hetero) is 1. The number of aliphatic hydroxyl groups excluding tert-OH is 1. The lowest BCUT2D eigenvalue weighted by atomic mass is 9.75. The van der Waals surface area contributed by atoms with E-state index in [1.807, 2.05) is 6.07 Å². The SMILES string of the molecule is COC[C@@H]1CC[C@@H](N=C(N)N)CC#Cc2c(CCC(=O)C=C(CO)CCC3CCCC3)cc(OC3CCCC3)c(O)c2[C@H]1CCC(C)=O. The second-order valence-corrected chi connectivity index (χ2v) is 14.2. The molecular weight excluding hydrogens is 606 g/mol. The first kappa shape index (κ1) is 37.5. The molecule has 48 heavy (non-hydrogen) atoms. The number of fused-ring (bicyclic) bond motifs is 1. The van der Waals surface area contributed by atoms with Gasteiger partial charge in [0.05, 0.1) is 18.8 Å². The summed E-state index contributed by atoms with van der Waals surface area (Å²) in [6, 6.07) is 1.66. The van der Waals surface area contributed by atoms with Crippen molar-refractivity contribution in [2.75, 3.05) is 20.3 Å². The average Bonchev–Trinajstić information content (AvgIpc) is 3.77. The van der Waals surface area contributed by atoms with Crippen molar-refractivity contribution in [3.8, 4) is 23.3 Å². The van der Waals surface area contributed by atoms with Gasteiger partial charge in [-0.05, 0) is 112 Å². The fourth-order valence-electron chi connectivity index (χ4n) is 7.82. The Labute approximate surface area is 286 Å². The number of guanidine groups is 1. The minimum atomic E-state index is -0.255. The number of phenolic OH excluding ortho intramolecular Hbond substituents is 1. The number of rotatable bonds is 16. The summed E-state index contributed by atoms with van der Waals surface area (Å²) in [4.78, 5) is 30.1. The van der Waals surface area contributed by atoms with Crippen molar-refractivity contribution < 1.29 is 29.3 Å². The zero-order valence-corrected chi connectivity index (χ0v) is 29.1. The molecule has 9 nitrogen and oxygen atoms in total. The number of carbonyl (C=O) groups is 2. The molecule has 2 fully saturated rings. The molecule has 0 saturated heterocycles. The van der Waals surface area contributed by atoms with E-state index >= 15 is 0 Å². The molecule has 0 aromatic heterocycles. The second-order valence-electron chi connectivity index (χ2n) is 14.2. The molecule has 9 heteroatoms. The van der Waals surface area contributed by atoms with Crippen molar-refractivity contribution in [1.82, 2.24) is 0 Å². The number of allylic oxidation sites excluding steroid dienone is 1. The van der Waals surface area contributed by atoms with E-state index in [1.54, 1.807) is 20.1 Å². The van der Waals surface area contributed by atoms with Crippen molar-refractivity contribution in [1.29, 1.82) is 0 Å². The number of aryl methyl sites for hydroxylation is 1. The first-order valence-electron chi connectivity index (χ1n) is 18.1. The summed E-state index contributed by atoms with van der Waals surface area (Å²) in [5, 5.41) is 22.0. The van der Waals surface area contributed by atoms with Gasteiger partial charge < -0.3 is 35.9 Å². The third kappa shape index (κ3) is 11.1. The van der Waals surface area contributed by atoms with Gasteiger partial charge in [-0.3, -0.25) is 4.79 Å². The lowest BCUT2D eigenvalue weighted by Gasteiger charge is -2.31. The van der Waals surface area contributed by atoms with Gasteiger partial charge in [-0.15, -0.1) is 0 Å². The van der Waals surface area contributed by atoms with Crippen molar-refractivity contribution in [2.24, 2.45) is 28.3 Å². The van der Waals surface area contributed by atoms with Crippen LogP contribution in [-0.4, -0.2) is 60.2 Å². The Bertz CT molecular complexity index is 1360. The number of aromatic hydroxyl groups is 1. The molecule has 2 saturated carbocycles. The molecule has 0 aliphatic heterocycles. The van der Waals surface area contributed by atoms with Crippen LogP contribution in [0.15, 0.2) is 22.7 Å². The van der Waals surface area contributed by atoms with Gasteiger partial charge in [-0.2, -0.15) is 0 Å². The van der Waals surface area contributed by atoms with Crippen LogP contribution in [0.2, 0.25) is 0 Å². The fourth-order valence-corrected chi connectivity index (χ4v) is 7.82. The standard InChI is InChI=1S/C39H57N3O6/c1-26(44)14-21-35-30(25-47-2)17-19-31(42-39(40)41)10-7-13-34-29(23-36(38(46)37(34)35)48-33-11-5-6-12-33)18-20-32(45)22-28(24-43)16-15-27-8-3-4-9-27/h22-23,27,30-31,33,35,43,46H,3-6,8-12,14-21,24-25H2,1-2H3,(H4,40,41,42)/t30-,31-,35-/m0/s1. The van der Waals surface area contributed by atoms with E-state index in [-0.39, 0.29) is 60.3 Å². The topological polar surface area (TPSA) is 157 Å². The number of hydrogen-bond acceptors (Lipinski definition) is 7. The molecule has 3 aliphatic rings. The van der Waals surface area contributed by atoms with Crippen molar-refractivity contribution in [3.63, 3.8) is 0 Å². The highest BCUT2D eigenvalue weighted by atomic mass is 16.5. The van der Waals surface area contributed by atoms with E-state index in [9.17, 15) is 19.8 Å². The first-order valence-corrected chi connectivity index (χ1v) is 18.1. The molecule has 0 amide bonds. The van der Waals surface area contributed by atoms with Crippen LogP contribution < -0.4 is 16.2 Å². The minimum Gasteiger partial charge on any atom is -0.504 e. The number of ketones is 2. The highest BCUT2D eigenvalue weighted by molar-refractivity contribution is 5.90. The summed E-state index contributed by atoms with van der Waals surface area (Å²) < 4.78 is 12.2. The second kappa shape index (κ2) is 19.0. The zero-order chi connectivity index (χ0) is 34.5. The number of ether oxygens (including phenoxy) is 2. The smallest absolute Gasteiger partial charge is 0.186 e. The van der Waals surface area contributed by atoms with Crippen LogP contribution in [-0.2, 0) is 20.7 Å². The summed E-state index contributed by atoms with van der Waals surface area (Å²) in [7, 11) is 1.66. The van der Waals surface area contributed by atoms with Crippen LogP contribution in [0.4, 0.5) is 0 Å². The Hall–Kier alpha value is -3.35. The van der Waals surface area contributed by atoms with E-state index in [4.69, 9.17) is 20.9 Å². The third-order valence-electron chi connectivity index (χ3n) is 10.4. The van der Waals surface area contributed by atoms with Gasteiger partial charge in [0.15, 0.2) is 23.2 Å². The molecule has 0 spiro atoms. The summed E-state index contributed by atoms with van der Waals surface area (Å²) in [5.41, 5.74) is 14.5. The van der Waals surface area contributed by atoms with Gasteiger partial charge in [-0.1, -0.05) is 37.5 Å². The summed E-state index contributed by atoms with van der Waals surface area (Å²) in [6.45, 7) is 1.88. The summed E-state index contributed by atoms with van der Waals surface area (Å²) >= 11 is 0. The number of carbonyl (C=O) groups excluding carboxylic acids is 2. The number of methoxy groups -OCH3 is 1. The number of phenols is 1. The number of nitrogens with two attached hydrogens (primary N) is 2. The maximum Gasteiger partial charge on any atom is 0.186 e. The van der Waals surface area contributed by atoms with Crippen LogP contribution in [0.5, 0.6) is 11.5 Å². The Morgan fingerprint density at radius 3 is 2.42 bits per heavy atom. The molecule has 264 valence electrons. The van der Waals surface area contributed by atoms with Crippen LogP contribution in [0.3, 0.4) is 0 Å². The van der Waals surface area contributed by atoms with Gasteiger partial charge in [0.1, 0.15) is 5.78 Å². The minimum absolute atomic E-state index is 0.00902. The monoisotopic (exact) mass is 663 g/mol. The maximum atomic E-state index is 13.3. The first-order chi connectivity index (χ1) is 23.2. The van der Waals surface area contributed by atoms with Gasteiger partial charge in [0, 0.05) is 44.1 Å². The third-order valence-corrected chi connectivity index (χ3v) is 10.4. The van der Waals surface area contributed by atoms with E-state index in [2.05, 4.69) is 16.8 Å². The molecule has 0 heterocycles. The van der Waals surface area contributed by atoms with Gasteiger partial charge in [0.25, 0.3) is 0 Å². The predicted octanol–water partition coefficient (Wildman–Crippen LogP) is 6.00.